The van der Waals surface area contributed by atoms with Crippen LogP contribution in [0.3, 0.4) is 0 Å². The molecule has 5 nitrogen and oxygen atoms in total. The molecule has 2 aromatic carbocycles. The van der Waals surface area contributed by atoms with Crippen LogP contribution in [0.5, 0.6) is 0 Å². The Balaban J connectivity index is 1.96. The summed E-state index contributed by atoms with van der Waals surface area (Å²) in [6.07, 6.45) is 0.673. The molecule has 1 atom stereocenters. The highest BCUT2D eigenvalue weighted by Gasteiger charge is 2.23. The SMILES string of the molecule is CC(C)C(Cc1ccccc1)CS(=O)(=O)NNC(=O)c1ccccc1. The van der Waals surface area contributed by atoms with E-state index in [1.54, 1.807) is 30.3 Å². The molecule has 0 spiro atoms. The molecule has 0 saturated heterocycles. The van der Waals surface area contributed by atoms with Crippen molar-refractivity contribution in [3.8, 4) is 0 Å². The smallest absolute Gasteiger partial charge is 0.266 e. The van der Waals surface area contributed by atoms with Crippen LogP contribution in [-0.2, 0) is 16.4 Å². The van der Waals surface area contributed by atoms with Crippen LogP contribution in [0.1, 0.15) is 29.8 Å². The minimum atomic E-state index is -3.63. The Morgan fingerprint density at radius 1 is 0.960 bits per heavy atom. The number of hydrazine groups is 1. The van der Waals surface area contributed by atoms with Gasteiger partial charge in [0.1, 0.15) is 0 Å². The van der Waals surface area contributed by atoms with Gasteiger partial charge in [-0.05, 0) is 36.0 Å². The number of hydrogen-bond acceptors (Lipinski definition) is 3. The molecule has 25 heavy (non-hydrogen) atoms. The van der Waals surface area contributed by atoms with Gasteiger partial charge < -0.3 is 0 Å². The Bertz CT molecular complexity index is 775. The summed E-state index contributed by atoms with van der Waals surface area (Å²) < 4.78 is 24.7. The molecule has 1 amide bonds. The molecular weight excluding hydrogens is 336 g/mol. The molecule has 0 heterocycles. The lowest BCUT2D eigenvalue weighted by Gasteiger charge is -2.21. The maximum Gasteiger partial charge on any atom is 0.266 e. The Kier molecular flexibility index (Phi) is 6.73. The van der Waals surface area contributed by atoms with Crippen LogP contribution in [0.2, 0.25) is 0 Å². The summed E-state index contributed by atoms with van der Waals surface area (Å²) in [5, 5.41) is 0. The lowest BCUT2D eigenvalue weighted by atomic mass is 9.91. The van der Waals surface area contributed by atoms with Gasteiger partial charge in [0.25, 0.3) is 5.91 Å². The highest BCUT2D eigenvalue weighted by molar-refractivity contribution is 7.89. The maximum atomic E-state index is 12.3. The minimum absolute atomic E-state index is 0.0470. The summed E-state index contributed by atoms with van der Waals surface area (Å²) in [5.41, 5.74) is 3.77. The van der Waals surface area contributed by atoms with E-state index < -0.39 is 15.9 Å². The molecule has 134 valence electrons. The summed E-state index contributed by atoms with van der Waals surface area (Å²) >= 11 is 0. The Morgan fingerprint density at radius 2 is 1.52 bits per heavy atom. The normalized spacial score (nSPS) is 12.8. The van der Waals surface area contributed by atoms with Gasteiger partial charge in [0, 0.05) is 5.56 Å². The highest BCUT2D eigenvalue weighted by Crippen LogP contribution is 2.19. The number of carbonyl (C=O) groups excluding carboxylic acids is 1. The zero-order chi connectivity index (χ0) is 18.3. The van der Waals surface area contributed by atoms with Crippen LogP contribution in [0, 0.1) is 11.8 Å². The second kappa shape index (κ2) is 8.78. The van der Waals surface area contributed by atoms with E-state index in [2.05, 4.69) is 10.3 Å². The fourth-order valence-electron chi connectivity index (χ4n) is 2.51. The third kappa shape index (κ3) is 6.32. The molecule has 0 aromatic heterocycles. The number of carbonyl (C=O) groups is 1. The summed E-state index contributed by atoms with van der Waals surface area (Å²) in [6.45, 7) is 4.01. The van der Waals surface area contributed by atoms with E-state index in [1.807, 2.05) is 44.2 Å². The van der Waals surface area contributed by atoms with Crippen molar-refractivity contribution in [3.05, 3.63) is 71.8 Å². The van der Waals surface area contributed by atoms with Gasteiger partial charge in [-0.1, -0.05) is 62.4 Å². The first-order valence-corrected chi connectivity index (χ1v) is 9.91. The summed E-state index contributed by atoms with van der Waals surface area (Å²) in [6, 6.07) is 18.3. The predicted molar refractivity (Wildman–Crippen MR) is 99.3 cm³/mol. The molecule has 2 rings (SSSR count). The largest absolute Gasteiger partial charge is 0.274 e. The summed E-state index contributed by atoms with van der Waals surface area (Å²) in [4.78, 5) is 14.2. The highest BCUT2D eigenvalue weighted by atomic mass is 32.2. The molecule has 0 aliphatic rings. The van der Waals surface area contributed by atoms with Crippen LogP contribution in [0.25, 0.3) is 0 Å². The lowest BCUT2D eigenvalue weighted by molar-refractivity contribution is 0.0945. The first-order valence-electron chi connectivity index (χ1n) is 8.26. The lowest BCUT2D eigenvalue weighted by Crippen LogP contribution is -2.44. The van der Waals surface area contributed by atoms with Gasteiger partial charge in [0.15, 0.2) is 0 Å². The van der Waals surface area contributed by atoms with Crippen molar-refractivity contribution >= 4 is 15.9 Å². The van der Waals surface area contributed by atoms with Crippen LogP contribution in [-0.4, -0.2) is 20.1 Å². The van der Waals surface area contributed by atoms with Gasteiger partial charge in [-0.3, -0.25) is 10.2 Å². The van der Waals surface area contributed by atoms with Crippen molar-refractivity contribution in [1.29, 1.82) is 0 Å². The topological polar surface area (TPSA) is 75.3 Å². The molecule has 0 saturated carbocycles. The van der Waals surface area contributed by atoms with E-state index in [4.69, 9.17) is 0 Å². The number of nitrogens with one attached hydrogen (secondary N) is 2. The zero-order valence-electron chi connectivity index (χ0n) is 14.5. The number of sulfonamides is 1. The van der Waals surface area contributed by atoms with Gasteiger partial charge in [0.05, 0.1) is 5.75 Å². The van der Waals surface area contributed by atoms with E-state index in [0.717, 1.165) is 5.56 Å². The third-order valence-electron chi connectivity index (χ3n) is 4.07. The minimum Gasteiger partial charge on any atom is -0.274 e. The van der Waals surface area contributed by atoms with Gasteiger partial charge in [-0.25, -0.2) is 8.42 Å². The van der Waals surface area contributed by atoms with Crippen molar-refractivity contribution in [2.75, 3.05) is 5.75 Å². The van der Waals surface area contributed by atoms with Gasteiger partial charge in [-0.2, -0.15) is 0 Å². The number of amides is 1. The van der Waals surface area contributed by atoms with Gasteiger partial charge in [-0.15, -0.1) is 4.83 Å². The Morgan fingerprint density at radius 3 is 2.08 bits per heavy atom. The van der Waals surface area contributed by atoms with E-state index in [9.17, 15) is 13.2 Å². The fourth-order valence-corrected chi connectivity index (χ4v) is 3.91. The van der Waals surface area contributed by atoms with E-state index in [-0.39, 0.29) is 17.6 Å². The summed E-state index contributed by atoms with van der Waals surface area (Å²) in [7, 11) is -3.63. The third-order valence-corrected chi connectivity index (χ3v) is 5.35. The zero-order valence-corrected chi connectivity index (χ0v) is 15.3. The van der Waals surface area contributed by atoms with Gasteiger partial charge >= 0.3 is 0 Å². The first kappa shape index (κ1) is 19.1. The summed E-state index contributed by atoms with van der Waals surface area (Å²) in [5.74, 6) is -0.377. The van der Waals surface area contributed by atoms with Crippen LogP contribution in [0.4, 0.5) is 0 Å². The van der Waals surface area contributed by atoms with E-state index >= 15 is 0 Å². The second-order valence-corrected chi connectivity index (χ2v) is 8.16. The number of rotatable bonds is 8. The average molecular weight is 360 g/mol. The monoisotopic (exact) mass is 360 g/mol. The number of hydrogen-bond donors (Lipinski definition) is 2. The molecule has 0 radical (unpaired) electrons. The Hall–Kier alpha value is -2.18. The van der Waals surface area contributed by atoms with Crippen LogP contribution in [0.15, 0.2) is 60.7 Å². The molecule has 2 aromatic rings. The van der Waals surface area contributed by atoms with Crippen molar-refractivity contribution in [2.24, 2.45) is 11.8 Å². The molecule has 0 fully saturated rings. The quantitative estimate of drug-likeness (QED) is 0.711. The van der Waals surface area contributed by atoms with Crippen molar-refractivity contribution in [2.45, 2.75) is 20.3 Å². The molecule has 2 N–H and O–H groups in total. The first-order chi connectivity index (χ1) is 11.9. The number of benzene rings is 2. The standard InChI is InChI=1S/C19H24N2O3S/c1-15(2)18(13-16-9-5-3-6-10-16)14-25(23,24)21-20-19(22)17-11-7-4-8-12-17/h3-12,15,18,21H,13-14H2,1-2H3,(H,20,22). The average Bonchev–Trinajstić information content (AvgIpc) is 2.60. The van der Waals surface area contributed by atoms with Crippen molar-refractivity contribution in [3.63, 3.8) is 0 Å². The molecule has 1 unspecified atom stereocenters. The molecule has 0 aliphatic heterocycles. The van der Waals surface area contributed by atoms with E-state index in [1.165, 1.54) is 0 Å². The maximum absolute atomic E-state index is 12.3. The molecular formula is C19H24N2O3S. The Labute approximate surface area is 149 Å². The van der Waals surface area contributed by atoms with E-state index in [0.29, 0.717) is 12.0 Å². The second-order valence-electron chi connectivity index (χ2n) is 6.40. The molecule has 0 aliphatic carbocycles. The van der Waals surface area contributed by atoms with Crippen molar-refractivity contribution < 1.29 is 13.2 Å². The molecule has 6 heteroatoms. The molecule has 0 bridgehead atoms. The van der Waals surface area contributed by atoms with Crippen LogP contribution >= 0.6 is 0 Å². The fraction of sp³-hybridized carbons (Fsp3) is 0.316. The van der Waals surface area contributed by atoms with Crippen molar-refractivity contribution in [1.82, 2.24) is 10.3 Å². The predicted octanol–water partition coefficient (Wildman–Crippen LogP) is 2.77. The van der Waals surface area contributed by atoms with Crippen LogP contribution < -0.4 is 10.3 Å². The van der Waals surface area contributed by atoms with Gasteiger partial charge in [0.2, 0.25) is 10.0 Å².